The molecule has 1 aliphatic heterocycles. The van der Waals surface area contributed by atoms with Crippen LogP contribution in [0, 0.1) is 5.21 Å². The number of benzene rings is 5. The van der Waals surface area contributed by atoms with Crippen molar-refractivity contribution in [3.63, 3.8) is 0 Å². The molecule has 5 aromatic carbocycles. The van der Waals surface area contributed by atoms with Gasteiger partial charge in [0, 0.05) is 17.8 Å². The van der Waals surface area contributed by atoms with Crippen LogP contribution in [0.15, 0.2) is 175 Å². The molecule has 0 aliphatic carbocycles. The molecule has 3 heterocycles. The van der Waals surface area contributed by atoms with Gasteiger partial charge < -0.3 is 58.3 Å². The Balaban J connectivity index is 1.18. The lowest BCUT2D eigenvalue weighted by molar-refractivity contribution is -0.622. The van der Waals surface area contributed by atoms with E-state index in [1.54, 1.807) is 99.1 Å². The highest BCUT2D eigenvalue weighted by atomic mass is 31.1. The molecule has 6 atom stereocenters. The summed E-state index contributed by atoms with van der Waals surface area (Å²) in [7, 11) is 1.66. The number of rotatable bonds is 24. The molecule has 2 aromatic heterocycles. The van der Waals surface area contributed by atoms with Gasteiger partial charge in [0.25, 0.3) is 24.2 Å². The first-order valence-corrected chi connectivity index (χ1v) is 24.6. The number of amides is 1. The molecule has 0 bridgehead atoms. The fourth-order valence-corrected chi connectivity index (χ4v) is 8.86. The Hall–Kier alpha value is -7.91. The SMILES string of the molecule is COc1ccc(C(O[C@H]2[C@@H](OCOCOC(=O)c3ccccc3)[C@H](n3ccc(NC(=O)c4ccccc4)nc3=O)O[C@@H]2COC[P+](=O)OC(O)c2cc(OC)cc[n+]2[O-])(c2ccccc2)c2ccc(OC)cc2)cc1. The van der Waals surface area contributed by atoms with E-state index in [4.69, 9.17) is 47.2 Å². The molecule has 1 saturated heterocycles. The van der Waals surface area contributed by atoms with Gasteiger partial charge in [0.05, 0.1) is 39.6 Å². The molecule has 388 valence electrons. The van der Waals surface area contributed by atoms with Gasteiger partial charge in [0.1, 0.15) is 47.0 Å². The van der Waals surface area contributed by atoms with Crippen LogP contribution in [0.2, 0.25) is 0 Å². The van der Waals surface area contributed by atoms with E-state index in [0.29, 0.717) is 44.0 Å². The normalized spacial score (nSPS) is 16.9. The van der Waals surface area contributed by atoms with Crippen LogP contribution in [-0.4, -0.2) is 92.7 Å². The third-order valence-electron chi connectivity index (χ3n) is 11.9. The van der Waals surface area contributed by atoms with E-state index in [-0.39, 0.29) is 17.3 Å². The molecular formula is C54H52N4O16P+. The van der Waals surface area contributed by atoms with Gasteiger partial charge in [0.2, 0.25) is 0 Å². The summed E-state index contributed by atoms with van der Waals surface area (Å²) in [6.07, 6.45) is -5.24. The smallest absolute Gasteiger partial charge is 0.540 e. The summed E-state index contributed by atoms with van der Waals surface area (Å²) in [6.45, 7) is -1.48. The van der Waals surface area contributed by atoms with Crippen molar-refractivity contribution < 1.29 is 71.1 Å². The van der Waals surface area contributed by atoms with Crippen molar-refractivity contribution in [2.75, 3.05) is 53.2 Å². The molecule has 0 radical (unpaired) electrons. The summed E-state index contributed by atoms with van der Waals surface area (Å²) in [5, 5.41) is 26.0. The number of pyridine rings is 1. The third kappa shape index (κ3) is 12.9. The molecule has 0 spiro atoms. The molecule has 0 saturated carbocycles. The quantitative estimate of drug-likeness (QED) is 0.0118. The number of hydrogen-bond acceptors (Lipinski definition) is 17. The van der Waals surface area contributed by atoms with E-state index in [1.165, 1.54) is 31.5 Å². The first-order valence-electron chi connectivity index (χ1n) is 23.2. The number of nitrogens with one attached hydrogen (secondary N) is 1. The van der Waals surface area contributed by atoms with E-state index >= 15 is 0 Å². The van der Waals surface area contributed by atoms with Crippen LogP contribution in [0.5, 0.6) is 17.2 Å². The number of carbonyl (C=O) groups is 2. The second kappa shape index (κ2) is 25.4. The Morgan fingerprint density at radius 2 is 1.35 bits per heavy atom. The molecular weight excluding hydrogens is 992 g/mol. The highest BCUT2D eigenvalue weighted by molar-refractivity contribution is 7.38. The molecule has 75 heavy (non-hydrogen) atoms. The van der Waals surface area contributed by atoms with Gasteiger partial charge >= 0.3 is 19.7 Å². The number of ether oxygens (including phenoxy) is 9. The first kappa shape index (κ1) is 53.4. The third-order valence-corrected chi connectivity index (χ3v) is 12.7. The molecule has 1 amide bonds. The summed E-state index contributed by atoms with van der Waals surface area (Å²) in [4.78, 5) is 44.3. The van der Waals surface area contributed by atoms with Crippen molar-refractivity contribution in [2.24, 2.45) is 0 Å². The van der Waals surface area contributed by atoms with Gasteiger partial charge in [-0.1, -0.05) is 91.0 Å². The number of anilines is 1. The van der Waals surface area contributed by atoms with Crippen LogP contribution in [0.25, 0.3) is 0 Å². The lowest BCUT2D eigenvalue weighted by Crippen LogP contribution is -2.47. The van der Waals surface area contributed by atoms with E-state index in [0.717, 1.165) is 10.8 Å². The summed E-state index contributed by atoms with van der Waals surface area (Å²) in [5.41, 5.74) is -0.194. The summed E-state index contributed by atoms with van der Waals surface area (Å²) < 4.78 is 74.5. The number of nitrogens with zero attached hydrogens (tertiary/aromatic N) is 3. The van der Waals surface area contributed by atoms with Crippen LogP contribution in [0.1, 0.15) is 55.6 Å². The van der Waals surface area contributed by atoms with E-state index in [2.05, 4.69) is 10.3 Å². The van der Waals surface area contributed by atoms with Gasteiger partial charge in [-0.05, 0) is 75.9 Å². The fourth-order valence-electron chi connectivity index (χ4n) is 8.22. The molecule has 21 heteroatoms. The van der Waals surface area contributed by atoms with Crippen LogP contribution in [0.4, 0.5) is 5.82 Å². The zero-order valence-electron chi connectivity index (χ0n) is 40.7. The largest absolute Gasteiger partial charge is 0.618 e. The fraction of sp³-hybridized carbons (Fsp3) is 0.241. The molecule has 1 fully saturated rings. The minimum Gasteiger partial charge on any atom is -0.618 e. The van der Waals surface area contributed by atoms with Crippen molar-refractivity contribution in [3.05, 3.63) is 219 Å². The summed E-state index contributed by atoms with van der Waals surface area (Å²) >= 11 is 0. The standard InChI is InChI=1S/C54H51N4O16P/c1-65-41-23-19-39(20-24-41)54(38-17-11-6-12-18-38,40-21-25-42(66-2)26-22-40)73-47-45(32-68-35-75(64)74-52(61)44-31-43(67-3)27-30-58(44)63)72-50(48(47)70-33-69-34-71-51(60)37-15-9-5-10-16-37)57-29-28-46(56-53(57)62)55-49(59)36-13-7-4-8-14-36/h4-31,45,47-48,50,52,61H,32-35H2,1-3H3/p+1/t45-,47-,48-,50-,52?/m1/s1. The topological polar surface area (TPSA) is 238 Å². The number of aliphatic hydroxyl groups excluding tert-OH is 1. The zero-order chi connectivity index (χ0) is 52.7. The maximum absolute atomic E-state index is 14.2. The van der Waals surface area contributed by atoms with Gasteiger partial charge in [-0.15, -0.1) is 4.52 Å². The minimum atomic E-state index is -2.81. The Bertz CT molecular complexity index is 3020. The van der Waals surface area contributed by atoms with E-state index in [9.17, 15) is 29.3 Å². The monoisotopic (exact) mass is 1040 g/mol. The average molecular weight is 1040 g/mol. The molecule has 20 nitrogen and oxygen atoms in total. The Labute approximate surface area is 431 Å². The number of hydrogen-bond donors (Lipinski definition) is 2. The molecule has 7 aromatic rings. The van der Waals surface area contributed by atoms with Crippen LogP contribution < -0.4 is 29.9 Å². The Morgan fingerprint density at radius 1 is 0.760 bits per heavy atom. The van der Waals surface area contributed by atoms with Gasteiger partial charge in [-0.25, -0.2) is 9.59 Å². The summed E-state index contributed by atoms with van der Waals surface area (Å²) in [6, 6.07) is 44.5. The number of esters is 1. The number of carbonyl (C=O) groups excluding carboxylic acids is 2. The second-order valence-electron chi connectivity index (χ2n) is 16.5. The van der Waals surface area contributed by atoms with Crippen LogP contribution in [0.3, 0.4) is 0 Å². The van der Waals surface area contributed by atoms with E-state index in [1.807, 2.05) is 54.6 Å². The maximum Gasteiger partial charge on any atom is 0.540 e. The van der Waals surface area contributed by atoms with Gasteiger partial charge in [-0.2, -0.15) is 9.71 Å². The van der Waals surface area contributed by atoms with E-state index < -0.39 is 88.6 Å². The number of methoxy groups -OCH3 is 3. The lowest BCUT2D eigenvalue weighted by Gasteiger charge is -2.40. The van der Waals surface area contributed by atoms with Crippen molar-refractivity contribution in [3.8, 4) is 17.2 Å². The second-order valence-corrected chi connectivity index (χ2v) is 17.6. The molecule has 1 aliphatic rings. The first-order chi connectivity index (χ1) is 36.5. The van der Waals surface area contributed by atoms with Crippen molar-refractivity contribution in [1.29, 1.82) is 0 Å². The number of aliphatic hydroxyl groups is 1. The average Bonchev–Trinajstić information content (AvgIpc) is 3.78. The number of aromatic nitrogens is 3. The van der Waals surface area contributed by atoms with Gasteiger partial charge in [-0.3, -0.25) is 9.36 Å². The Kier molecular flexibility index (Phi) is 18.0. The Morgan fingerprint density at radius 3 is 1.95 bits per heavy atom. The predicted octanol–water partition coefficient (Wildman–Crippen LogP) is 7.03. The van der Waals surface area contributed by atoms with Crippen molar-refractivity contribution in [1.82, 2.24) is 9.55 Å². The van der Waals surface area contributed by atoms with Crippen LogP contribution in [-0.2, 0) is 43.1 Å². The lowest BCUT2D eigenvalue weighted by atomic mass is 9.79. The molecule has 8 rings (SSSR count). The predicted molar refractivity (Wildman–Crippen MR) is 268 cm³/mol. The van der Waals surface area contributed by atoms with Crippen molar-refractivity contribution >= 4 is 25.7 Å². The maximum atomic E-state index is 14.2. The highest BCUT2D eigenvalue weighted by Crippen LogP contribution is 2.46. The minimum absolute atomic E-state index is 0.0543. The molecule has 2 unspecified atom stereocenters. The van der Waals surface area contributed by atoms with Crippen molar-refractivity contribution in [2.45, 2.75) is 36.4 Å². The highest BCUT2D eigenvalue weighted by Gasteiger charge is 2.53. The summed E-state index contributed by atoms with van der Waals surface area (Å²) in [5.74, 6) is 0.161. The zero-order valence-corrected chi connectivity index (χ0v) is 41.6. The van der Waals surface area contributed by atoms with Crippen LogP contribution >= 0.6 is 8.03 Å². The molecule has 2 N–H and O–H groups in total. The van der Waals surface area contributed by atoms with Gasteiger partial charge in [0.15, 0.2) is 26.0 Å².